The van der Waals surface area contributed by atoms with E-state index in [0.717, 1.165) is 10.8 Å². The third-order valence-electron chi connectivity index (χ3n) is 3.28. The van der Waals surface area contributed by atoms with Crippen LogP contribution in [0.2, 0.25) is 0 Å². The molecule has 0 unspecified atom stereocenters. The van der Waals surface area contributed by atoms with E-state index in [0.29, 0.717) is 17.1 Å². The highest BCUT2D eigenvalue weighted by Crippen LogP contribution is 2.27. The van der Waals surface area contributed by atoms with Crippen LogP contribution < -0.4 is 10.1 Å². The molecule has 0 saturated heterocycles. The number of ether oxygens (including phenoxy) is 1. The maximum absolute atomic E-state index is 13.2. The lowest BCUT2D eigenvalue weighted by atomic mass is 10.2. The Kier molecular flexibility index (Phi) is 4.61. The highest BCUT2D eigenvalue weighted by molar-refractivity contribution is 7.13. The number of halogens is 1. The molecule has 3 aromatic rings. The largest absolute Gasteiger partial charge is 0.494 e. The van der Waals surface area contributed by atoms with E-state index in [9.17, 15) is 9.18 Å². The predicted octanol–water partition coefficient (Wildman–Crippen LogP) is 4.04. The van der Waals surface area contributed by atoms with Gasteiger partial charge in [0.25, 0.3) is 0 Å². The Morgan fingerprint density at radius 1 is 1.38 bits per heavy atom. The first-order valence-corrected chi connectivity index (χ1v) is 8.07. The van der Waals surface area contributed by atoms with Gasteiger partial charge in [-0.1, -0.05) is 0 Å². The molecule has 0 fully saturated rings. The van der Waals surface area contributed by atoms with Crippen molar-refractivity contribution >= 4 is 22.9 Å². The second-order valence-electron chi connectivity index (χ2n) is 5.12. The number of anilines is 1. The lowest BCUT2D eigenvalue weighted by molar-refractivity contribution is -0.115. The Morgan fingerprint density at radius 3 is 2.92 bits per heavy atom. The Bertz CT molecular complexity index is 872. The number of aromatic nitrogens is 1. The molecule has 24 heavy (non-hydrogen) atoms. The first kappa shape index (κ1) is 16.2. The van der Waals surface area contributed by atoms with Gasteiger partial charge in [0.1, 0.15) is 17.3 Å². The van der Waals surface area contributed by atoms with Crippen molar-refractivity contribution in [2.75, 3.05) is 12.4 Å². The molecule has 124 valence electrons. The standard InChI is InChI=1S/C17H15FN2O3S/c1-10-3-6-14(23-10)17-19-12(9-24-17)8-16(21)20-13-5-4-11(18)7-15(13)22-2/h3-7,9H,8H2,1-2H3,(H,20,21). The maximum atomic E-state index is 13.2. The summed E-state index contributed by atoms with van der Waals surface area (Å²) in [5.41, 5.74) is 1.06. The number of nitrogens with zero attached hydrogens (tertiary/aromatic N) is 1. The van der Waals surface area contributed by atoms with Crippen molar-refractivity contribution in [2.45, 2.75) is 13.3 Å². The third-order valence-corrected chi connectivity index (χ3v) is 4.19. The van der Waals surface area contributed by atoms with Crippen LogP contribution in [0.3, 0.4) is 0 Å². The summed E-state index contributed by atoms with van der Waals surface area (Å²) in [5, 5.41) is 5.24. The first-order valence-electron chi connectivity index (χ1n) is 7.20. The minimum absolute atomic E-state index is 0.108. The zero-order valence-corrected chi connectivity index (χ0v) is 13.9. The Morgan fingerprint density at radius 2 is 2.21 bits per heavy atom. The lowest BCUT2D eigenvalue weighted by Gasteiger charge is -2.09. The van der Waals surface area contributed by atoms with E-state index in [1.54, 1.807) is 0 Å². The van der Waals surface area contributed by atoms with Gasteiger partial charge >= 0.3 is 0 Å². The molecule has 1 amide bonds. The van der Waals surface area contributed by atoms with Crippen LogP contribution in [0.4, 0.5) is 10.1 Å². The van der Waals surface area contributed by atoms with Crippen molar-refractivity contribution in [1.29, 1.82) is 0 Å². The number of carbonyl (C=O) groups excluding carboxylic acids is 1. The van der Waals surface area contributed by atoms with Gasteiger partial charge in [0.05, 0.1) is 24.9 Å². The number of furan rings is 1. The zero-order valence-electron chi connectivity index (χ0n) is 13.1. The van der Waals surface area contributed by atoms with Crippen LogP contribution in [0.15, 0.2) is 40.1 Å². The van der Waals surface area contributed by atoms with Gasteiger partial charge in [-0.25, -0.2) is 9.37 Å². The highest BCUT2D eigenvalue weighted by atomic mass is 32.1. The smallest absolute Gasteiger partial charge is 0.230 e. The molecule has 7 heteroatoms. The fraction of sp³-hybridized carbons (Fsp3) is 0.176. The summed E-state index contributed by atoms with van der Waals surface area (Å²) in [6.45, 7) is 1.86. The second-order valence-corrected chi connectivity index (χ2v) is 5.98. The van der Waals surface area contributed by atoms with Crippen molar-refractivity contribution < 1.29 is 18.3 Å². The summed E-state index contributed by atoms with van der Waals surface area (Å²) in [7, 11) is 1.42. The van der Waals surface area contributed by atoms with Crippen molar-refractivity contribution in [3.63, 3.8) is 0 Å². The molecular formula is C17H15FN2O3S. The Labute approximate surface area is 142 Å². The van der Waals surface area contributed by atoms with Crippen LogP contribution >= 0.6 is 11.3 Å². The fourth-order valence-electron chi connectivity index (χ4n) is 2.18. The topological polar surface area (TPSA) is 64.4 Å². The van der Waals surface area contributed by atoms with Crippen LogP contribution in [0, 0.1) is 12.7 Å². The first-order chi connectivity index (χ1) is 11.5. The summed E-state index contributed by atoms with van der Waals surface area (Å²) < 4.78 is 23.8. The van der Waals surface area contributed by atoms with Gasteiger partial charge in [-0.05, 0) is 31.2 Å². The van der Waals surface area contributed by atoms with Crippen molar-refractivity contribution in [2.24, 2.45) is 0 Å². The molecule has 0 aliphatic rings. The summed E-state index contributed by atoms with van der Waals surface area (Å²) in [6, 6.07) is 7.66. The van der Waals surface area contributed by atoms with Gasteiger partial charge in [0.2, 0.25) is 5.91 Å². The van der Waals surface area contributed by atoms with E-state index in [1.165, 1.54) is 36.6 Å². The van der Waals surface area contributed by atoms with Gasteiger partial charge in [0, 0.05) is 11.4 Å². The molecule has 0 atom stereocenters. The van der Waals surface area contributed by atoms with Crippen LogP contribution in [-0.2, 0) is 11.2 Å². The molecule has 0 bridgehead atoms. The van der Waals surface area contributed by atoms with E-state index >= 15 is 0 Å². The average Bonchev–Trinajstić information content (AvgIpc) is 3.18. The molecule has 0 saturated carbocycles. The molecule has 0 spiro atoms. The molecule has 0 aliphatic heterocycles. The molecule has 1 N–H and O–H groups in total. The number of aryl methyl sites for hydroxylation is 1. The Hall–Kier alpha value is -2.67. The quantitative estimate of drug-likeness (QED) is 0.757. The van der Waals surface area contributed by atoms with Crippen molar-refractivity contribution in [3.8, 4) is 16.5 Å². The number of benzene rings is 1. The molecule has 0 aliphatic carbocycles. The molecule has 5 nitrogen and oxygen atoms in total. The number of amides is 1. The summed E-state index contributed by atoms with van der Waals surface area (Å²) >= 11 is 1.41. The SMILES string of the molecule is COc1cc(F)ccc1NC(=O)Cc1csc(-c2ccc(C)o2)n1. The van der Waals surface area contributed by atoms with E-state index in [4.69, 9.17) is 9.15 Å². The fourth-order valence-corrected chi connectivity index (χ4v) is 2.96. The summed E-state index contributed by atoms with van der Waals surface area (Å²) in [5.74, 6) is 1.08. The number of hydrogen-bond donors (Lipinski definition) is 1. The minimum atomic E-state index is -0.428. The van der Waals surface area contributed by atoms with Crippen LogP contribution in [0.1, 0.15) is 11.5 Å². The van der Waals surface area contributed by atoms with E-state index < -0.39 is 5.82 Å². The lowest BCUT2D eigenvalue weighted by Crippen LogP contribution is -2.15. The van der Waals surface area contributed by atoms with Gasteiger partial charge in [-0.2, -0.15) is 0 Å². The van der Waals surface area contributed by atoms with Crippen molar-refractivity contribution in [1.82, 2.24) is 4.98 Å². The van der Waals surface area contributed by atoms with Crippen LogP contribution in [0.5, 0.6) is 5.75 Å². The monoisotopic (exact) mass is 346 g/mol. The van der Waals surface area contributed by atoms with Gasteiger partial charge in [-0.3, -0.25) is 4.79 Å². The molecule has 3 rings (SSSR count). The second kappa shape index (κ2) is 6.84. The van der Waals surface area contributed by atoms with Crippen LogP contribution in [-0.4, -0.2) is 18.0 Å². The zero-order chi connectivity index (χ0) is 17.1. The molecular weight excluding hydrogens is 331 g/mol. The average molecular weight is 346 g/mol. The predicted molar refractivity (Wildman–Crippen MR) is 89.8 cm³/mol. The number of rotatable bonds is 5. The number of nitrogens with one attached hydrogen (secondary N) is 1. The number of thiazole rings is 1. The van der Waals surface area contributed by atoms with Gasteiger partial charge in [-0.15, -0.1) is 11.3 Å². The number of methoxy groups -OCH3 is 1. The highest BCUT2D eigenvalue weighted by Gasteiger charge is 2.13. The normalized spacial score (nSPS) is 10.6. The van der Waals surface area contributed by atoms with Crippen LogP contribution in [0.25, 0.3) is 10.8 Å². The third kappa shape index (κ3) is 3.62. The molecule has 2 heterocycles. The molecule has 1 aromatic carbocycles. The van der Waals surface area contributed by atoms with E-state index in [-0.39, 0.29) is 18.1 Å². The maximum Gasteiger partial charge on any atom is 0.230 e. The van der Waals surface area contributed by atoms with Gasteiger partial charge < -0.3 is 14.5 Å². The van der Waals surface area contributed by atoms with Gasteiger partial charge in [0.15, 0.2) is 10.8 Å². The summed E-state index contributed by atoms with van der Waals surface area (Å²) in [4.78, 5) is 16.6. The Balaban J connectivity index is 1.68. The molecule has 0 radical (unpaired) electrons. The molecule has 2 aromatic heterocycles. The summed E-state index contributed by atoms with van der Waals surface area (Å²) in [6.07, 6.45) is 0.108. The van der Waals surface area contributed by atoms with E-state index in [1.807, 2.05) is 24.4 Å². The van der Waals surface area contributed by atoms with Crippen molar-refractivity contribution in [3.05, 3.63) is 53.0 Å². The minimum Gasteiger partial charge on any atom is -0.494 e. The number of carbonyl (C=O) groups is 1. The van der Waals surface area contributed by atoms with E-state index in [2.05, 4.69) is 10.3 Å². The number of hydrogen-bond acceptors (Lipinski definition) is 5.